The zero-order chi connectivity index (χ0) is 21.4. The summed E-state index contributed by atoms with van der Waals surface area (Å²) >= 11 is 0. The van der Waals surface area contributed by atoms with Crippen LogP contribution in [-0.4, -0.2) is 45.3 Å². The number of nitrogens with one attached hydrogen (secondary N) is 1. The lowest BCUT2D eigenvalue weighted by Crippen LogP contribution is -2.30. The number of carbonyl (C=O) groups excluding carboxylic acids is 1. The van der Waals surface area contributed by atoms with Crippen LogP contribution >= 0.6 is 0 Å². The minimum atomic E-state index is -0.566. The Labute approximate surface area is 172 Å². The molecule has 1 saturated heterocycles. The number of hydrogen-bond acceptors (Lipinski definition) is 7. The van der Waals surface area contributed by atoms with Gasteiger partial charge in [-0.05, 0) is 31.4 Å². The van der Waals surface area contributed by atoms with E-state index in [1.165, 1.54) is 7.11 Å². The molecule has 1 aliphatic rings. The van der Waals surface area contributed by atoms with Gasteiger partial charge in [0.2, 0.25) is 5.95 Å². The molecule has 0 bridgehead atoms. The Kier molecular flexibility index (Phi) is 5.17. The number of methoxy groups -OCH3 is 1. The van der Waals surface area contributed by atoms with Gasteiger partial charge >= 0.3 is 5.69 Å². The summed E-state index contributed by atoms with van der Waals surface area (Å²) in [6.07, 6.45) is 3.15. The molecule has 10 heteroatoms. The molecule has 0 spiro atoms. The number of imidazole rings is 1. The van der Waals surface area contributed by atoms with Gasteiger partial charge in [0.15, 0.2) is 5.65 Å². The maximum Gasteiger partial charge on any atom is 0.330 e. The van der Waals surface area contributed by atoms with Crippen LogP contribution < -0.4 is 21.5 Å². The predicted octanol–water partition coefficient (Wildman–Crippen LogP) is 1.64. The molecule has 2 aromatic heterocycles. The van der Waals surface area contributed by atoms with Crippen molar-refractivity contribution in [2.75, 3.05) is 25.6 Å². The smallest absolute Gasteiger partial charge is 0.330 e. The van der Waals surface area contributed by atoms with E-state index in [0.29, 0.717) is 47.3 Å². The van der Waals surface area contributed by atoms with Crippen molar-refractivity contribution in [2.45, 2.75) is 25.8 Å². The van der Waals surface area contributed by atoms with Crippen LogP contribution in [0.1, 0.15) is 34.8 Å². The van der Waals surface area contributed by atoms with Gasteiger partial charge in [-0.1, -0.05) is 0 Å². The molecule has 158 valence electrons. The van der Waals surface area contributed by atoms with E-state index in [0.717, 1.165) is 18.4 Å². The average Bonchev–Trinajstić information content (AvgIpc) is 2.99. The lowest BCUT2D eigenvalue weighted by molar-refractivity contribution is 0.0695. The molecule has 3 N–H and O–H groups in total. The fourth-order valence-electron chi connectivity index (χ4n) is 3.77. The Balaban J connectivity index is 1.76. The molecule has 1 fully saturated rings. The molecule has 1 amide bonds. The third kappa shape index (κ3) is 3.39. The molecule has 0 aliphatic carbocycles. The lowest BCUT2D eigenvalue weighted by atomic mass is 10.1. The van der Waals surface area contributed by atoms with Crippen molar-refractivity contribution < 1.29 is 14.3 Å². The third-order valence-corrected chi connectivity index (χ3v) is 5.45. The van der Waals surface area contributed by atoms with Crippen LogP contribution in [0.25, 0.3) is 11.2 Å². The molecule has 0 unspecified atom stereocenters. The number of benzene rings is 1. The second-order valence-electron chi connectivity index (χ2n) is 7.31. The highest BCUT2D eigenvalue weighted by atomic mass is 16.5. The first-order chi connectivity index (χ1) is 14.4. The van der Waals surface area contributed by atoms with E-state index in [9.17, 15) is 9.59 Å². The van der Waals surface area contributed by atoms with E-state index in [4.69, 9.17) is 15.2 Å². The molecule has 0 saturated carbocycles. The standard InChI is InChI=1S/C20H24N6O4/c1-11-8-13(17(21)27)16(29-3)9-14(11)23-19-22-10-15-18(24-19)26(20(28)25(15)2)12-4-6-30-7-5-12/h8-10,12H,4-7H2,1-3H3,(H2,21,27)(H,22,23,24). The normalized spacial score (nSPS) is 14.8. The summed E-state index contributed by atoms with van der Waals surface area (Å²) in [5.41, 5.74) is 8.29. The Morgan fingerprint density at radius 2 is 2.07 bits per heavy atom. The maximum absolute atomic E-state index is 12.8. The number of rotatable bonds is 5. The Morgan fingerprint density at radius 1 is 1.33 bits per heavy atom. The van der Waals surface area contributed by atoms with Crippen LogP contribution in [0, 0.1) is 6.92 Å². The number of aromatic nitrogens is 4. The van der Waals surface area contributed by atoms with Gasteiger partial charge < -0.3 is 20.5 Å². The summed E-state index contributed by atoms with van der Waals surface area (Å²) < 4.78 is 14.0. The molecule has 0 atom stereocenters. The molecule has 10 nitrogen and oxygen atoms in total. The number of nitrogens with two attached hydrogens (primary N) is 1. The lowest BCUT2D eigenvalue weighted by Gasteiger charge is -2.22. The van der Waals surface area contributed by atoms with E-state index in [1.54, 1.807) is 34.5 Å². The van der Waals surface area contributed by atoms with E-state index < -0.39 is 5.91 Å². The second kappa shape index (κ2) is 7.79. The fourth-order valence-corrected chi connectivity index (χ4v) is 3.77. The summed E-state index contributed by atoms with van der Waals surface area (Å²) in [7, 11) is 3.19. The van der Waals surface area contributed by atoms with Crippen LogP contribution in [-0.2, 0) is 11.8 Å². The summed E-state index contributed by atoms with van der Waals surface area (Å²) in [4.78, 5) is 33.4. The van der Waals surface area contributed by atoms with Crippen molar-refractivity contribution in [3.8, 4) is 5.75 Å². The summed E-state index contributed by atoms with van der Waals surface area (Å²) in [6, 6.07) is 3.37. The summed E-state index contributed by atoms with van der Waals surface area (Å²) in [5.74, 6) is 0.130. The van der Waals surface area contributed by atoms with E-state index in [2.05, 4.69) is 15.3 Å². The van der Waals surface area contributed by atoms with Crippen molar-refractivity contribution in [3.05, 3.63) is 39.9 Å². The monoisotopic (exact) mass is 412 g/mol. The van der Waals surface area contributed by atoms with Gasteiger partial charge in [0, 0.05) is 38.1 Å². The Bertz CT molecular complexity index is 1180. The molecule has 0 radical (unpaired) electrons. The molecule has 3 heterocycles. The van der Waals surface area contributed by atoms with Crippen molar-refractivity contribution in [2.24, 2.45) is 12.8 Å². The van der Waals surface area contributed by atoms with Gasteiger partial charge in [-0.15, -0.1) is 0 Å². The highest BCUT2D eigenvalue weighted by Gasteiger charge is 2.23. The van der Waals surface area contributed by atoms with Crippen LogP contribution in [0.4, 0.5) is 11.6 Å². The number of primary amides is 1. The zero-order valence-electron chi connectivity index (χ0n) is 17.1. The first-order valence-corrected chi connectivity index (χ1v) is 9.68. The highest BCUT2D eigenvalue weighted by molar-refractivity contribution is 5.96. The van der Waals surface area contributed by atoms with Gasteiger partial charge in [-0.25, -0.2) is 9.78 Å². The van der Waals surface area contributed by atoms with Gasteiger partial charge in [-0.3, -0.25) is 13.9 Å². The summed E-state index contributed by atoms with van der Waals surface area (Å²) in [6.45, 7) is 3.08. The molecule has 3 aromatic rings. The maximum atomic E-state index is 12.8. The average molecular weight is 412 g/mol. The first kappa shape index (κ1) is 19.9. The number of amides is 1. The van der Waals surface area contributed by atoms with Gasteiger partial charge in [-0.2, -0.15) is 4.98 Å². The van der Waals surface area contributed by atoms with Crippen LogP contribution in [0.15, 0.2) is 23.1 Å². The van der Waals surface area contributed by atoms with E-state index >= 15 is 0 Å². The van der Waals surface area contributed by atoms with Crippen LogP contribution in [0.3, 0.4) is 0 Å². The largest absolute Gasteiger partial charge is 0.496 e. The number of hydrogen-bond donors (Lipinski definition) is 2. The van der Waals surface area contributed by atoms with Crippen molar-refractivity contribution >= 4 is 28.7 Å². The number of aryl methyl sites for hydroxylation is 2. The van der Waals surface area contributed by atoms with Gasteiger partial charge in [0.1, 0.15) is 11.3 Å². The van der Waals surface area contributed by atoms with Crippen LogP contribution in [0.2, 0.25) is 0 Å². The second-order valence-corrected chi connectivity index (χ2v) is 7.31. The Morgan fingerprint density at radius 3 is 2.73 bits per heavy atom. The highest BCUT2D eigenvalue weighted by Crippen LogP contribution is 2.29. The van der Waals surface area contributed by atoms with E-state index in [-0.39, 0.29) is 11.7 Å². The SMILES string of the molecule is COc1cc(Nc2ncc3c(n2)n(C2CCOCC2)c(=O)n3C)c(C)cc1C(N)=O. The van der Waals surface area contributed by atoms with Crippen molar-refractivity contribution in [1.82, 2.24) is 19.1 Å². The zero-order valence-corrected chi connectivity index (χ0v) is 17.1. The molecular weight excluding hydrogens is 388 g/mol. The minimum Gasteiger partial charge on any atom is -0.496 e. The third-order valence-electron chi connectivity index (χ3n) is 5.45. The number of fused-ring (bicyclic) bond motifs is 1. The quantitative estimate of drug-likeness (QED) is 0.652. The predicted molar refractivity (Wildman–Crippen MR) is 111 cm³/mol. The number of nitrogens with zero attached hydrogens (tertiary/aromatic N) is 4. The topological polar surface area (TPSA) is 126 Å². The molecule has 4 rings (SSSR count). The molecule has 30 heavy (non-hydrogen) atoms. The van der Waals surface area contributed by atoms with Crippen molar-refractivity contribution in [1.29, 1.82) is 0 Å². The number of carbonyl (C=O) groups is 1. The molecule has 1 aromatic carbocycles. The Hall–Kier alpha value is -3.40. The first-order valence-electron chi connectivity index (χ1n) is 9.68. The molecule has 1 aliphatic heterocycles. The minimum absolute atomic E-state index is 0.0365. The van der Waals surface area contributed by atoms with Crippen molar-refractivity contribution in [3.63, 3.8) is 0 Å². The number of ether oxygens (including phenoxy) is 2. The van der Waals surface area contributed by atoms with Gasteiger partial charge in [0.05, 0.1) is 18.9 Å². The fraction of sp³-hybridized carbons (Fsp3) is 0.400. The van der Waals surface area contributed by atoms with Gasteiger partial charge in [0.25, 0.3) is 5.91 Å². The van der Waals surface area contributed by atoms with E-state index in [1.807, 2.05) is 6.92 Å². The molecular formula is C20H24N6O4. The summed E-state index contributed by atoms with van der Waals surface area (Å²) in [5, 5.41) is 3.16. The number of anilines is 2. The van der Waals surface area contributed by atoms with Crippen LogP contribution in [0.5, 0.6) is 5.75 Å².